The van der Waals surface area contributed by atoms with E-state index in [1.54, 1.807) is 12.1 Å². The summed E-state index contributed by atoms with van der Waals surface area (Å²) in [5.74, 6) is 0.193. The zero-order valence-corrected chi connectivity index (χ0v) is 18.5. The number of hydrogen-bond donors (Lipinski definition) is 2. The van der Waals surface area contributed by atoms with Crippen LogP contribution in [0.2, 0.25) is 0 Å². The molecule has 5 rings (SSSR count). The fourth-order valence-electron chi connectivity index (χ4n) is 6.70. The Morgan fingerprint density at radius 1 is 1.27 bits per heavy atom. The zero-order chi connectivity index (χ0) is 23.2. The van der Waals surface area contributed by atoms with E-state index in [1.165, 1.54) is 18.2 Å². The summed E-state index contributed by atoms with van der Waals surface area (Å²) in [4.78, 5) is 16.3. The largest absolute Gasteiger partial charge is 0.411 e. The van der Waals surface area contributed by atoms with E-state index in [0.29, 0.717) is 18.8 Å². The lowest BCUT2D eigenvalue weighted by Gasteiger charge is -2.50. The van der Waals surface area contributed by atoms with E-state index in [2.05, 4.69) is 28.4 Å². The van der Waals surface area contributed by atoms with Gasteiger partial charge in [-0.15, -0.1) is 0 Å². The normalized spacial score (nSPS) is 31.8. The molecule has 2 saturated carbocycles. The van der Waals surface area contributed by atoms with E-state index in [1.807, 2.05) is 6.08 Å². The Morgan fingerprint density at radius 2 is 2.12 bits per heavy atom. The summed E-state index contributed by atoms with van der Waals surface area (Å²) in [7, 11) is 0. The minimum absolute atomic E-state index is 0.0377. The molecule has 2 aromatic rings. The van der Waals surface area contributed by atoms with Gasteiger partial charge in [0.25, 0.3) is 0 Å². The van der Waals surface area contributed by atoms with Crippen molar-refractivity contribution < 1.29 is 18.8 Å². The highest BCUT2D eigenvalue weighted by atomic mass is 19.1. The summed E-state index contributed by atoms with van der Waals surface area (Å²) in [5, 5.41) is 16.1. The summed E-state index contributed by atoms with van der Waals surface area (Å²) >= 11 is 0. The summed E-state index contributed by atoms with van der Waals surface area (Å²) in [6, 6.07) is 8.05. The number of anilines is 1. The van der Waals surface area contributed by atoms with Gasteiger partial charge >= 0.3 is 0 Å². The molecule has 1 aromatic heterocycles. The lowest BCUT2D eigenvalue weighted by Crippen LogP contribution is -2.44. The van der Waals surface area contributed by atoms with Gasteiger partial charge in [0.05, 0.1) is 11.9 Å². The number of amides is 1. The van der Waals surface area contributed by atoms with Crippen LogP contribution in [0.3, 0.4) is 0 Å². The topological polar surface area (TPSA) is 74.6 Å². The number of allylic oxidation sites excluding steroid dienone is 1. The number of nitrogens with one attached hydrogen (secondary N) is 1. The second-order valence-electron chi connectivity index (χ2n) is 9.72. The van der Waals surface area contributed by atoms with Crippen LogP contribution < -0.4 is 5.32 Å². The maximum absolute atomic E-state index is 14.4. The van der Waals surface area contributed by atoms with Crippen LogP contribution in [0.1, 0.15) is 49.7 Å². The molecule has 2 N–H and O–H groups in total. The molecule has 2 fully saturated rings. The van der Waals surface area contributed by atoms with Gasteiger partial charge in [0.15, 0.2) is 0 Å². The molecular weight excluding hydrogens is 424 g/mol. The average molecular weight is 452 g/mol. The van der Waals surface area contributed by atoms with Crippen molar-refractivity contribution in [1.29, 1.82) is 0 Å². The number of benzene rings is 1. The van der Waals surface area contributed by atoms with Gasteiger partial charge in [0, 0.05) is 5.41 Å². The van der Waals surface area contributed by atoms with Crippen LogP contribution in [-0.2, 0) is 11.2 Å². The minimum atomic E-state index is -0.467. The molecule has 33 heavy (non-hydrogen) atoms. The minimum Gasteiger partial charge on any atom is -0.411 e. The lowest BCUT2D eigenvalue weighted by atomic mass is 9.54. The molecule has 1 amide bonds. The summed E-state index contributed by atoms with van der Waals surface area (Å²) < 4.78 is 27.5. The van der Waals surface area contributed by atoms with Crippen molar-refractivity contribution >= 4 is 17.4 Å². The van der Waals surface area contributed by atoms with Gasteiger partial charge in [-0.3, -0.25) is 4.79 Å². The van der Waals surface area contributed by atoms with Crippen LogP contribution in [0, 0.1) is 34.8 Å². The maximum atomic E-state index is 14.4. The first-order chi connectivity index (χ1) is 15.9. The third-order valence-electron chi connectivity index (χ3n) is 8.11. The van der Waals surface area contributed by atoms with E-state index in [9.17, 15) is 18.8 Å². The van der Waals surface area contributed by atoms with Gasteiger partial charge in [0.1, 0.15) is 17.5 Å². The number of rotatable bonds is 3. The summed E-state index contributed by atoms with van der Waals surface area (Å²) in [6.07, 6.45) is 8.43. The molecule has 0 spiro atoms. The number of carbonyl (C=O) groups is 1. The Bertz CT molecular complexity index is 1130. The molecule has 3 unspecified atom stereocenters. The highest BCUT2D eigenvalue weighted by Gasteiger charge is 2.57. The first-order valence-corrected chi connectivity index (χ1v) is 11.5. The molecule has 5 atom stereocenters. The van der Waals surface area contributed by atoms with E-state index in [0.717, 1.165) is 42.3 Å². The number of carbonyl (C=O) groups excluding carboxylic acids is 1. The fraction of sp³-hybridized carbons (Fsp3) is 0.423. The molecule has 1 heterocycles. The Hall–Kier alpha value is -3.09. The van der Waals surface area contributed by atoms with Crippen LogP contribution >= 0.6 is 0 Å². The fourth-order valence-corrected chi connectivity index (χ4v) is 6.70. The third-order valence-corrected chi connectivity index (χ3v) is 8.11. The monoisotopic (exact) mass is 451 g/mol. The van der Waals surface area contributed by atoms with Crippen molar-refractivity contribution in [2.45, 2.75) is 44.9 Å². The van der Waals surface area contributed by atoms with Crippen molar-refractivity contribution in [3.8, 4) is 0 Å². The quantitative estimate of drug-likeness (QED) is 0.369. The molecule has 172 valence electrons. The Balaban J connectivity index is 1.41. The number of hydrogen-bond acceptors (Lipinski definition) is 4. The highest BCUT2D eigenvalue weighted by Crippen LogP contribution is 2.62. The van der Waals surface area contributed by atoms with Crippen LogP contribution in [-0.4, -0.2) is 21.8 Å². The molecule has 3 aliphatic carbocycles. The zero-order valence-electron chi connectivity index (χ0n) is 18.5. The number of fused-ring (bicyclic) bond motifs is 5. The van der Waals surface area contributed by atoms with Crippen LogP contribution in [0.25, 0.3) is 0 Å². The van der Waals surface area contributed by atoms with Gasteiger partial charge in [-0.25, -0.2) is 13.8 Å². The average Bonchev–Trinajstić information content (AvgIpc) is 3.11. The molecule has 3 aliphatic rings. The molecule has 0 radical (unpaired) electrons. The summed E-state index contributed by atoms with van der Waals surface area (Å²) in [5.41, 5.74) is 2.50. The molecule has 5 nitrogen and oxygen atoms in total. The van der Waals surface area contributed by atoms with Crippen LogP contribution in [0.15, 0.2) is 53.8 Å². The van der Waals surface area contributed by atoms with E-state index in [-0.39, 0.29) is 40.7 Å². The second kappa shape index (κ2) is 8.36. The van der Waals surface area contributed by atoms with E-state index in [4.69, 9.17) is 0 Å². The predicted octanol–water partition coefficient (Wildman–Crippen LogP) is 5.47. The summed E-state index contributed by atoms with van der Waals surface area (Å²) in [6.45, 7) is 2.17. The second-order valence-corrected chi connectivity index (χ2v) is 9.72. The van der Waals surface area contributed by atoms with Gasteiger partial charge in [-0.1, -0.05) is 30.3 Å². The molecule has 1 aromatic carbocycles. The van der Waals surface area contributed by atoms with Gasteiger partial charge in [-0.2, -0.15) is 0 Å². The third kappa shape index (κ3) is 3.73. The van der Waals surface area contributed by atoms with Gasteiger partial charge < -0.3 is 10.5 Å². The van der Waals surface area contributed by atoms with E-state index >= 15 is 0 Å². The van der Waals surface area contributed by atoms with Crippen molar-refractivity contribution in [1.82, 2.24) is 4.98 Å². The van der Waals surface area contributed by atoms with Crippen LogP contribution in [0.5, 0.6) is 0 Å². The number of oxime groups is 1. The predicted molar refractivity (Wildman–Crippen MR) is 121 cm³/mol. The molecule has 0 aliphatic heterocycles. The standard InChI is InChI=1S/C26H27F2N3O2/c1-26-12-11-18-17-3-2-4-21(28)19(17)7-8-20(18)25(26)15(13-22(26)31-33)5-10-24(32)30-23-9-6-16(27)14-29-23/h2-6,9-10,14-15,18,20,25,33H,7-8,11-13H2,1H3,(H,29,30,32)/b10-5?,31-22+/t15-,18?,20?,25?,26+/m0/s1. The maximum Gasteiger partial charge on any atom is 0.249 e. The molecule has 0 saturated heterocycles. The van der Waals surface area contributed by atoms with Crippen molar-refractivity contribution in [3.05, 3.63) is 71.4 Å². The number of nitrogens with zero attached hydrogens (tertiary/aromatic N) is 2. The van der Waals surface area contributed by atoms with Crippen molar-refractivity contribution in [2.75, 3.05) is 5.32 Å². The number of pyridine rings is 1. The smallest absolute Gasteiger partial charge is 0.249 e. The Labute approximate surface area is 191 Å². The molecule has 7 heteroatoms. The SMILES string of the molecule is C[C@]12CCC3c4cccc(F)c4CCC3C1[C@@H](C=CC(=O)Nc1ccc(F)cn1)C/C2=N\O. The molecular formula is C26H27F2N3O2. The first kappa shape index (κ1) is 21.7. The van der Waals surface area contributed by atoms with Crippen molar-refractivity contribution in [2.24, 2.45) is 28.3 Å². The Morgan fingerprint density at radius 3 is 2.88 bits per heavy atom. The van der Waals surface area contributed by atoms with E-state index < -0.39 is 5.82 Å². The lowest BCUT2D eigenvalue weighted by molar-refractivity contribution is -0.112. The Kier molecular flexibility index (Phi) is 5.51. The molecule has 0 bridgehead atoms. The number of aromatic nitrogens is 1. The first-order valence-electron chi connectivity index (χ1n) is 11.5. The van der Waals surface area contributed by atoms with Gasteiger partial charge in [0.2, 0.25) is 5.91 Å². The van der Waals surface area contributed by atoms with Crippen molar-refractivity contribution in [3.63, 3.8) is 0 Å². The van der Waals surface area contributed by atoms with Crippen LogP contribution in [0.4, 0.5) is 14.6 Å². The number of halogens is 2. The van der Waals surface area contributed by atoms with Gasteiger partial charge in [-0.05, 0) is 91.2 Å². The highest BCUT2D eigenvalue weighted by molar-refractivity contribution is 5.99.